The number of hydrogen-bond acceptors (Lipinski definition) is 2. The van der Waals surface area contributed by atoms with Crippen LogP contribution in [0.15, 0.2) is 47.4 Å². The molecule has 0 radical (unpaired) electrons. The van der Waals surface area contributed by atoms with Crippen LogP contribution in [0.4, 0.5) is 0 Å². The summed E-state index contributed by atoms with van der Waals surface area (Å²) in [4.78, 5) is 1.26. The molecule has 1 atom stereocenters. The normalized spacial score (nSPS) is 12.4. The number of thioether (sulfide) groups is 1. The van der Waals surface area contributed by atoms with Crippen LogP contribution in [0.5, 0.6) is 0 Å². The average Bonchev–Trinajstić information content (AvgIpc) is 2.53. The van der Waals surface area contributed by atoms with E-state index < -0.39 is 0 Å². The van der Waals surface area contributed by atoms with Crippen molar-refractivity contribution in [3.63, 3.8) is 0 Å². The Morgan fingerprint density at radius 1 is 1.00 bits per heavy atom. The zero-order valence-corrected chi connectivity index (χ0v) is 13.3. The molecular formula is C18H23NS. The van der Waals surface area contributed by atoms with E-state index in [1.54, 1.807) is 11.8 Å². The average molecular weight is 285 g/mol. The maximum absolute atomic E-state index is 6.49. The van der Waals surface area contributed by atoms with E-state index in [2.05, 4.69) is 62.6 Å². The van der Waals surface area contributed by atoms with Gasteiger partial charge in [0, 0.05) is 4.90 Å². The highest BCUT2D eigenvalue weighted by molar-refractivity contribution is 7.98. The zero-order chi connectivity index (χ0) is 14.5. The van der Waals surface area contributed by atoms with E-state index in [1.807, 2.05) is 0 Å². The van der Waals surface area contributed by atoms with Crippen LogP contribution in [-0.2, 0) is 12.8 Å². The van der Waals surface area contributed by atoms with Crippen molar-refractivity contribution >= 4 is 11.8 Å². The second-order valence-electron chi connectivity index (χ2n) is 4.95. The van der Waals surface area contributed by atoms with E-state index in [4.69, 9.17) is 5.73 Å². The second-order valence-corrected chi connectivity index (χ2v) is 5.80. The van der Waals surface area contributed by atoms with Crippen LogP contribution in [0, 0.1) is 0 Å². The van der Waals surface area contributed by atoms with Gasteiger partial charge in [0.05, 0.1) is 6.04 Å². The molecule has 2 rings (SSSR count). The van der Waals surface area contributed by atoms with Crippen molar-refractivity contribution in [1.82, 2.24) is 0 Å². The molecule has 0 fully saturated rings. The Hall–Kier alpha value is -1.25. The van der Waals surface area contributed by atoms with Crippen LogP contribution in [0.1, 0.15) is 42.1 Å². The van der Waals surface area contributed by atoms with Gasteiger partial charge in [-0.1, -0.05) is 50.2 Å². The van der Waals surface area contributed by atoms with Gasteiger partial charge < -0.3 is 5.73 Å². The van der Waals surface area contributed by atoms with Gasteiger partial charge in [-0.3, -0.25) is 0 Å². The van der Waals surface area contributed by atoms with Gasteiger partial charge in [0.2, 0.25) is 0 Å². The molecule has 0 heterocycles. The molecule has 0 aliphatic carbocycles. The first kappa shape index (κ1) is 15.1. The number of hydrogen-bond donors (Lipinski definition) is 1. The molecule has 20 heavy (non-hydrogen) atoms. The lowest BCUT2D eigenvalue weighted by Crippen LogP contribution is -2.13. The van der Waals surface area contributed by atoms with Gasteiger partial charge >= 0.3 is 0 Å². The first-order chi connectivity index (χ1) is 9.71. The highest BCUT2D eigenvalue weighted by atomic mass is 32.2. The van der Waals surface area contributed by atoms with E-state index in [-0.39, 0.29) is 6.04 Å². The Morgan fingerprint density at radius 3 is 2.35 bits per heavy atom. The SMILES string of the molecule is CCc1ccc(C(N)c2ccccc2SC)cc1CC. The lowest BCUT2D eigenvalue weighted by molar-refractivity contribution is 0.842. The minimum atomic E-state index is -0.0464. The lowest BCUT2D eigenvalue weighted by atomic mass is 9.94. The van der Waals surface area contributed by atoms with Gasteiger partial charge in [0.15, 0.2) is 0 Å². The van der Waals surface area contributed by atoms with Crippen molar-refractivity contribution in [3.8, 4) is 0 Å². The minimum absolute atomic E-state index is 0.0464. The highest BCUT2D eigenvalue weighted by Gasteiger charge is 2.13. The second kappa shape index (κ2) is 6.96. The third-order valence-electron chi connectivity index (χ3n) is 3.83. The highest BCUT2D eigenvalue weighted by Crippen LogP contribution is 2.29. The van der Waals surface area contributed by atoms with Crippen molar-refractivity contribution < 1.29 is 0 Å². The molecule has 0 saturated heterocycles. The molecule has 0 amide bonds. The summed E-state index contributed by atoms with van der Waals surface area (Å²) in [6, 6.07) is 15.1. The van der Waals surface area contributed by atoms with Crippen LogP contribution < -0.4 is 5.73 Å². The smallest absolute Gasteiger partial charge is 0.0562 e. The summed E-state index contributed by atoms with van der Waals surface area (Å²) in [6.45, 7) is 4.41. The summed E-state index contributed by atoms with van der Waals surface area (Å²) in [5.41, 5.74) is 11.8. The van der Waals surface area contributed by atoms with E-state index >= 15 is 0 Å². The molecule has 2 N–H and O–H groups in total. The van der Waals surface area contributed by atoms with E-state index in [1.165, 1.54) is 27.1 Å². The molecule has 2 aromatic rings. The molecule has 0 aliphatic rings. The Labute approximate surface area is 126 Å². The topological polar surface area (TPSA) is 26.0 Å². The molecule has 0 saturated carbocycles. The van der Waals surface area contributed by atoms with Gasteiger partial charge in [-0.25, -0.2) is 0 Å². The molecule has 2 heteroatoms. The molecule has 106 valence electrons. The predicted molar refractivity (Wildman–Crippen MR) is 89.5 cm³/mol. The molecule has 0 bridgehead atoms. The molecule has 2 aromatic carbocycles. The maximum atomic E-state index is 6.49. The van der Waals surface area contributed by atoms with Gasteiger partial charge in [-0.2, -0.15) is 0 Å². The van der Waals surface area contributed by atoms with Gasteiger partial charge in [0.25, 0.3) is 0 Å². The monoisotopic (exact) mass is 285 g/mol. The molecule has 1 unspecified atom stereocenters. The third kappa shape index (κ3) is 3.08. The third-order valence-corrected chi connectivity index (χ3v) is 4.64. The Bertz CT molecular complexity index is 577. The van der Waals surface area contributed by atoms with Crippen molar-refractivity contribution in [2.24, 2.45) is 5.73 Å². The van der Waals surface area contributed by atoms with Crippen LogP contribution >= 0.6 is 11.8 Å². The van der Waals surface area contributed by atoms with Crippen molar-refractivity contribution in [1.29, 1.82) is 0 Å². The van der Waals surface area contributed by atoms with Crippen molar-refractivity contribution in [3.05, 3.63) is 64.7 Å². The van der Waals surface area contributed by atoms with Crippen LogP contribution in [-0.4, -0.2) is 6.26 Å². The molecule has 0 aliphatic heterocycles. The van der Waals surface area contributed by atoms with Crippen molar-refractivity contribution in [2.75, 3.05) is 6.26 Å². The number of rotatable bonds is 5. The van der Waals surface area contributed by atoms with Gasteiger partial charge in [-0.05, 0) is 47.4 Å². The van der Waals surface area contributed by atoms with Crippen LogP contribution in [0.25, 0.3) is 0 Å². The van der Waals surface area contributed by atoms with Gasteiger partial charge in [0.1, 0.15) is 0 Å². The quantitative estimate of drug-likeness (QED) is 0.814. The summed E-state index contributed by atoms with van der Waals surface area (Å²) in [5.74, 6) is 0. The maximum Gasteiger partial charge on any atom is 0.0562 e. The summed E-state index contributed by atoms with van der Waals surface area (Å²) in [5, 5.41) is 0. The summed E-state index contributed by atoms with van der Waals surface area (Å²) in [7, 11) is 0. The van der Waals surface area contributed by atoms with E-state index in [0.717, 1.165) is 12.8 Å². The van der Waals surface area contributed by atoms with Crippen LogP contribution in [0.3, 0.4) is 0 Å². The largest absolute Gasteiger partial charge is 0.320 e. The first-order valence-corrected chi connectivity index (χ1v) is 8.43. The minimum Gasteiger partial charge on any atom is -0.320 e. The Balaban J connectivity index is 2.40. The zero-order valence-electron chi connectivity index (χ0n) is 12.5. The van der Waals surface area contributed by atoms with E-state index in [9.17, 15) is 0 Å². The molecular weight excluding hydrogens is 262 g/mol. The molecule has 0 spiro atoms. The number of benzene rings is 2. The fraction of sp³-hybridized carbons (Fsp3) is 0.333. The molecule has 0 aromatic heterocycles. The van der Waals surface area contributed by atoms with Crippen molar-refractivity contribution in [2.45, 2.75) is 37.6 Å². The summed E-state index contributed by atoms with van der Waals surface area (Å²) in [6.07, 6.45) is 4.25. The summed E-state index contributed by atoms with van der Waals surface area (Å²) < 4.78 is 0. The molecule has 1 nitrogen and oxygen atoms in total. The first-order valence-electron chi connectivity index (χ1n) is 7.21. The fourth-order valence-electron chi connectivity index (χ4n) is 2.62. The predicted octanol–water partition coefficient (Wildman–Crippen LogP) is 4.58. The fourth-order valence-corrected chi connectivity index (χ4v) is 3.26. The van der Waals surface area contributed by atoms with Gasteiger partial charge in [-0.15, -0.1) is 11.8 Å². The van der Waals surface area contributed by atoms with Crippen LogP contribution in [0.2, 0.25) is 0 Å². The Morgan fingerprint density at radius 2 is 1.70 bits per heavy atom. The lowest BCUT2D eigenvalue weighted by Gasteiger charge is -2.18. The number of nitrogens with two attached hydrogens (primary N) is 1. The Kier molecular flexibility index (Phi) is 5.27. The standard InChI is InChI=1S/C18H23NS/c1-4-13-10-11-15(12-14(13)5-2)18(19)16-8-6-7-9-17(16)20-3/h6-12,18H,4-5,19H2,1-3H3. The van der Waals surface area contributed by atoms with E-state index in [0.29, 0.717) is 0 Å². The summed E-state index contributed by atoms with van der Waals surface area (Å²) >= 11 is 1.76. The number of aryl methyl sites for hydroxylation is 2.